The summed E-state index contributed by atoms with van der Waals surface area (Å²) in [6, 6.07) is 13.7. The Morgan fingerprint density at radius 2 is 1.74 bits per heavy atom. The molecule has 5 heteroatoms. The average molecular weight is 334 g/mol. The monoisotopic (exact) mass is 334 g/mol. The molecule has 0 amide bonds. The Bertz CT molecular complexity index is 659. The van der Waals surface area contributed by atoms with Gasteiger partial charge in [-0.15, -0.1) is 0 Å². The summed E-state index contributed by atoms with van der Waals surface area (Å²) in [6.45, 7) is 4.28. The van der Waals surface area contributed by atoms with Crippen LogP contribution in [0.4, 0.5) is 14.5 Å². The molecule has 2 aromatic rings. The van der Waals surface area contributed by atoms with Crippen LogP contribution in [0.5, 0.6) is 0 Å². The second kappa shape index (κ2) is 8.02. The molecule has 1 atom stereocenters. The molecule has 0 aliphatic heterocycles. The van der Waals surface area contributed by atoms with Gasteiger partial charge in [-0.25, -0.2) is 8.78 Å². The maximum absolute atomic E-state index is 13.3. The van der Waals surface area contributed by atoms with Crippen LogP contribution in [0.1, 0.15) is 31.9 Å². The van der Waals surface area contributed by atoms with Gasteiger partial charge < -0.3 is 10.6 Å². The molecule has 0 heterocycles. The number of thiocarbonyl (C=S) groups is 1. The third-order valence-corrected chi connectivity index (χ3v) is 3.61. The van der Waals surface area contributed by atoms with E-state index in [0.29, 0.717) is 16.7 Å². The molecule has 2 nitrogen and oxygen atoms in total. The van der Waals surface area contributed by atoms with Gasteiger partial charge in [-0.2, -0.15) is 0 Å². The first-order chi connectivity index (χ1) is 11.0. The molecule has 0 fully saturated rings. The standard InChI is InChI=1S/C18H20F2N2S/c1-12(2)10-17(13-6-4-3-5-7-13)22-18(23)21-14-8-9-15(19)16(20)11-14/h3-9,11-12,17H,10H2,1-2H3,(H2,21,22,23)/t17-/m0/s1. The number of hydrogen-bond donors (Lipinski definition) is 2. The van der Waals surface area contributed by atoms with Gasteiger partial charge >= 0.3 is 0 Å². The third kappa shape index (κ3) is 5.28. The van der Waals surface area contributed by atoms with E-state index in [4.69, 9.17) is 12.2 Å². The molecule has 0 aromatic heterocycles. The molecule has 0 saturated heterocycles. The number of rotatable bonds is 5. The minimum atomic E-state index is -0.903. The Morgan fingerprint density at radius 3 is 2.35 bits per heavy atom. The first kappa shape index (κ1) is 17.3. The summed E-state index contributed by atoms with van der Waals surface area (Å²) in [5.74, 6) is -1.30. The molecule has 0 saturated carbocycles. The van der Waals surface area contributed by atoms with E-state index in [0.717, 1.165) is 24.1 Å². The molecule has 2 N–H and O–H groups in total. The van der Waals surface area contributed by atoms with Gasteiger partial charge in [0.2, 0.25) is 0 Å². The van der Waals surface area contributed by atoms with Crippen LogP contribution in [-0.2, 0) is 0 Å². The zero-order valence-corrected chi connectivity index (χ0v) is 14.0. The quantitative estimate of drug-likeness (QED) is 0.749. The van der Waals surface area contributed by atoms with E-state index in [1.54, 1.807) is 0 Å². The van der Waals surface area contributed by atoms with Crippen LogP contribution in [-0.4, -0.2) is 5.11 Å². The molecule has 0 aliphatic rings. The summed E-state index contributed by atoms with van der Waals surface area (Å²) in [6.07, 6.45) is 0.906. The van der Waals surface area contributed by atoms with Crippen LogP contribution >= 0.6 is 12.2 Å². The van der Waals surface area contributed by atoms with Crippen molar-refractivity contribution in [2.24, 2.45) is 5.92 Å². The summed E-state index contributed by atoms with van der Waals surface area (Å²) in [4.78, 5) is 0. The van der Waals surface area contributed by atoms with Gasteiger partial charge in [0.15, 0.2) is 16.7 Å². The van der Waals surface area contributed by atoms with Crippen molar-refractivity contribution in [2.45, 2.75) is 26.3 Å². The van der Waals surface area contributed by atoms with Crippen LogP contribution in [0.2, 0.25) is 0 Å². The lowest BCUT2D eigenvalue weighted by Crippen LogP contribution is -2.33. The van der Waals surface area contributed by atoms with Gasteiger partial charge in [-0.3, -0.25) is 0 Å². The van der Waals surface area contributed by atoms with Gasteiger partial charge in [0.05, 0.1) is 6.04 Å². The van der Waals surface area contributed by atoms with Gasteiger partial charge in [0, 0.05) is 11.8 Å². The summed E-state index contributed by atoms with van der Waals surface area (Å²) in [5.41, 5.74) is 1.55. The topological polar surface area (TPSA) is 24.1 Å². The van der Waals surface area contributed by atoms with Crippen molar-refractivity contribution in [1.82, 2.24) is 5.32 Å². The van der Waals surface area contributed by atoms with E-state index in [1.807, 2.05) is 30.3 Å². The molecular weight excluding hydrogens is 314 g/mol. The van der Waals surface area contributed by atoms with Crippen LogP contribution < -0.4 is 10.6 Å². The molecule has 0 radical (unpaired) electrons. The van der Waals surface area contributed by atoms with E-state index < -0.39 is 11.6 Å². The van der Waals surface area contributed by atoms with Crippen molar-refractivity contribution in [3.63, 3.8) is 0 Å². The molecule has 0 unspecified atom stereocenters. The Balaban J connectivity index is 2.06. The molecule has 0 spiro atoms. The molecular formula is C18H20F2N2S. The van der Waals surface area contributed by atoms with E-state index in [-0.39, 0.29) is 6.04 Å². The maximum Gasteiger partial charge on any atom is 0.171 e. The Labute approximate surface area is 140 Å². The average Bonchev–Trinajstić information content (AvgIpc) is 2.51. The van der Waals surface area contributed by atoms with Gasteiger partial charge in [0.1, 0.15) is 0 Å². The minimum absolute atomic E-state index is 0.0569. The van der Waals surface area contributed by atoms with Gasteiger partial charge in [0.25, 0.3) is 0 Å². The van der Waals surface area contributed by atoms with Crippen LogP contribution in [0.15, 0.2) is 48.5 Å². The summed E-state index contributed by atoms with van der Waals surface area (Å²) in [5, 5.41) is 6.53. The Morgan fingerprint density at radius 1 is 1.04 bits per heavy atom. The Kier molecular flexibility index (Phi) is 6.04. The van der Waals surface area contributed by atoms with Crippen molar-refractivity contribution in [1.29, 1.82) is 0 Å². The second-order valence-electron chi connectivity index (χ2n) is 5.82. The predicted octanol–water partition coefficient (Wildman–Crippen LogP) is 5.04. The summed E-state index contributed by atoms with van der Waals surface area (Å²) >= 11 is 5.30. The molecule has 122 valence electrons. The SMILES string of the molecule is CC(C)C[C@H](NC(=S)Nc1ccc(F)c(F)c1)c1ccccc1. The van der Waals surface area contributed by atoms with Crippen molar-refractivity contribution < 1.29 is 8.78 Å². The molecule has 2 rings (SSSR count). The second-order valence-corrected chi connectivity index (χ2v) is 6.23. The highest BCUT2D eigenvalue weighted by Crippen LogP contribution is 2.21. The smallest absolute Gasteiger partial charge is 0.171 e. The fourth-order valence-corrected chi connectivity index (χ4v) is 2.59. The normalized spacial score (nSPS) is 12.0. The first-order valence-electron chi connectivity index (χ1n) is 7.53. The highest BCUT2D eigenvalue weighted by atomic mass is 32.1. The lowest BCUT2D eigenvalue weighted by Gasteiger charge is -2.23. The van der Waals surface area contributed by atoms with E-state index in [2.05, 4.69) is 24.5 Å². The highest BCUT2D eigenvalue weighted by molar-refractivity contribution is 7.80. The zero-order valence-electron chi connectivity index (χ0n) is 13.1. The van der Waals surface area contributed by atoms with Crippen LogP contribution in [0.3, 0.4) is 0 Å². The third-order valence-electron chi connectivity index (χ3n) is 3.39. The lowest BCUT2D eigenvalue weighted by atomic mass is 9.97. The molecule has 2 aromatic carbocycles. The minimum Gasteiger partial charge on any atom is -0.356 e. The molecule has 0 aliphatic carbocycles. The summed E-state index contributed by atoms with van der Waals surface area (Å²) in [7, 11) is 0. The number of halogens is 2. The zero-order chi connectivity index (χ0) is 16.8. The van der Waals surface area contributed by atoms with Gasteiger partial charge in [-0.1, -0.05) is 44.2 Å². The first-order valence-corrected chi connectivity index (χ1v) is 7.94. The highest BCUT2D eigenvalue weighted by Gasteiger charge is 2.14. The largest absolute Gasteiger partial charge is 0.356 e. The fourth-order valence-electron chi connectivity index (χ4n) is 2.33. The lowest BCUT2D eigenvalue weighted by molar-refractivity contribution is 0.481. The van der Waals surface area contributed by atoms with Crippen molar-refractivity contribution in [3.8, 4) is 0 Å². The number of nitrogens with one attached hydrogen (secondary N) is 2. The molecule has 23 heavy (non-hydrogen) atoms. The van der Waals surface area contributed by atoms with Crippen molar-refractivity contribution >= 4 is 23.0 Å². The van der Waals surface area contributed by atoms with Crippen molar-refractivity contribution in [3.05, 3.63) is 65.7 Å². The molecule has 0 bridgehead atoms. The number of hydrogen-bond acceptors (Lipinski definition) is 1. The fraction of sp³-hybridized carbons (Fsp3) is 0.278. The Hall–Kier alpha value is -2.01. The van der Waals surface area contributed by atoms with E-state index >= 15 is 0 Å². The number of anilines is 1. The number of benzene rings is 2. The van der Waals surface area contributed by atoms with E-state index in [9.17, 15) is 8.78 Å². The van der Waals surface area contributed by atoms with Crippen LogP contribution in [0, 0.1) is 17.6 Å². The summed E-state index contributed by atoms with van der Waals surface area (Å²) < 4.78 is 26.2. The van der Waals surface area contributed by atoms with Crippen LogP contribution in [0.25, 0.3) is 0 Å². The van der Waals surface area contributed by atoms with Gasteiger partial charge in [-0.05, 0) is 42.3 Å². The predicted molar refractivity (Wildman–Crippen MR) is 94.4 cm³/mol. The maximum atomic E-state index is 13.3. The van der Waals surface area contributed by atoms with E-state index in [1.165, 1.54) is 6.07 Å². The van der Waals surface area contributed by atoms with Crippen molar-refractivity contribution in [2.75, 3.05) is 5.32 Å².